The van der Waals surface area contributed by atoms with Gasteiger partial charge in [0.05, 0.1) is 6.20 Å². The van der Waals surface area contributed by atoms with Crippen molar-refractivity contribution in [2.75, 3.05) is 6.54 Å². The van der Waals surface area contributed by atoms with Gasteiger partial charge in [-0.1, -0.05) is 0 Å². The van der Waals surface area contributed by atoms with E-state index >= 15 is 0 Å². The summed E-state index contributed by atoms with van der Waals surface area (Å²) in [5, 5.41) is 13.0. The Kier molecular flexibility index (Phi) is 3.87. The zero-order valence-electron chi connectivity index (χ0n) is 8.98. The van der Waals surface area contributed by atoms with Crippen molar-refractivity contribution in [3.8, 4) is 0 Å². The van der Waals surface area contributed by atoms with Crippen LogP contribution in [0.25, 0.3) is 0 Å². The van der Waals surface area contributed by atoms with Gasteiger partial charge in [-0.2, -0.15) is 0 Å². The van der Waals surface area contributed by atoms with Crippen LogP contribution < -0.4 is 10.6 Å². The lowest BCUT2D eigenvalue weighted by atomic mass is 10.3. The number of aryl methyl sites for hydroxylation is 1. The average molecular weight is 227 g/mol. The maximum atomic E-state index is 11.2. The molecule has 1 rings (SSSR count). The molecule has 0 bridgehead atoms. The molecule has 0 radical (unpaired) electrons. The molecule has 7 nitrogen and oxygen atoms in total. The second-order valence-corrected chi connectivity index (χ2v) is 3.25. The van der Waals surface area contributed by atoms with Crippen LogP contribution in [0, 0.1) is 6.92 Å². The van der Waals surface area contributed by atoms with E-state index in [1.807, 2.05) is 0 Å². The van der Waals surface area contributed by atoms with E-state index in [0.29, 0.717) is 11.7 Å². The molecule has 0 spiro atoms. The molecule has 1 unspecified atom stereocenters. The van der Waals surface area contributed by atoms with Crippen molar-refractivity contribution in [1.29, 1.82) is 0 Å². The molecule has 1 aromatic rings. The highest BCUT2D eigenvalue weighted by atomic mass is 16.4. The first kappa shape index (κ1) is 12.0. The average Bonchev–Trinajstić information content (AvgIpc) is 2.62. The minimum absolute atomic E-state index is 0.378. The molecule has 0 aromatic carbocycles. The summed E-state index contributed by atoms with van der Waals surface area (Å²) in [6, 6.07) is -0.992. The van der Waals surface area contributed by atoms with Crippen LogP contribution in [0.4, 0.5) is 4.79 Å². The van der Waals surface area contributed by atoms with Crippen LogP contribution in [0.15, 0.2) is 10.6 Å². The molecule has 0 aliphatic carbocycles. The predicted octanol–water partition coefficient (Wildman–Crippen LogP) is 0.428. The van der Waals surface area contributed by atoms with E-state index in [9.17, 15) is 9.59 Å². The van der Waals surface area contributed by atoms with E-state index in [1.54, 1.807) is 20.0 Å². The van der Waals surface area contributed by atoms with E-state index in [-0.39, 0.29) is 0 Å². The SMILES string of the molecule is Cc1cnc(C(C)NC(=O)NCC(=O)O)o1. The summed E-state index contributed by atoms with van der Waals surface area (Å²) in [5.41, 5.74) is 0. The maximum absolute atomic E-state index is 11.2. The number of urea groups is 1. The van der Waals surface area contributed by atoms with E-state index < -0.39 is 24.6 Å². The lowest BCUT2D eigenvalue weighted by molar-refractivity contribution is -0.135. The molecule has 1 heterocycles. The van der Waals surface area contributed by atoms with Gasteiger partial charge in [0, 0.05) is 0 Å². The number of aromatic nitrogens is 1. The number of carboxylic acid groups (broad SMARTS) is 1. The van der Waals surface area contributed by atoms with E-state index in [0.717, 1.165) is 0 Å². The molecule has 88 valence electrons. The van der Waals surface area contributed by atoms with Crippen LogP contribution >= 0.6 is 0 Å². The number of rotatable bonds is 4. The number of nitrogens with zero attached hydrogens (tertiary/aromatic N) is 1. The zero-order chi connectivity index (χ0) is 12.1. The standard InChI is InChI=1S/C9H13N3O4/c1-5-3-10-8(16-5)6(2)12-9(15)11-4-7(13)14/h3,6H,4H2,1-2H3,(H,13,14)(H2,11,12,15). The number of amides is 2. The Morgan fingerprint density at radius 1 is 1.62 bits per heavy atom. The molecular formula is C9H13N3O4. The molecule has 1 aromatic heterocycles. The first-order valence-electron chi connectivity index (χ1n) is 4.67. The highest BCUT2D eigenvalue weighted by Crippen LogP contribution is 2.11. The quantitative estimate of drug-likeness (QED) is 0.691. The minimum Gasteiger partial charge on any atom is -0.480 e. The molecule has 0 saturated carbocycles. The number of carbonyl (C=O) groups excluding carboxylic acids is 1. The number of oxazole rings is 1. The van der Waals surface area contributed by atoms with Crippen LogP contribution in [-0.2, 0) is 4.79 Å². The van der Waals surface area contributed by atoms with Gasteiger partial charge in [-0.25, -0.2) is 9.78 Å². The predicted molar refractivity (Wildman–Crippen MR) is 53.8 cm³/mol. The van der Waals surface area contributed by atoms with Crippen molar-refractivity contribution in [3.05, 3.63) is 17.8 Å². The van der Waals surface area contributed by atoms with Crippen molar-refractivity contribution >= 4 is 12.0 Å². The van der Waals surface area contributed by atoms with Crippen LogP contribution in [0.2, 0.25) is 0 Å². The summed E-state index contributed by atoms with van der Waals surface area (Å²) < 4.78 is 5.20. The van der Waals surface area contributed by atoms with E-state index in [1.165, 1.54) is 0 Å². The first-order chi connectivity index (χ1) is 7.49. The number of carboxylic acids is 1. The highest BCUT2D eigenvalue weighted by Gasteiger charge is 2.14. The lowest BCUT2D eigenvalue weighted by Gasteiger charge is -2.10. The largest absolute Gasteiger partial charge is 0.480 e. The second kappa shape index (κ2) is 5.15. The molecule has 3 N–H and O–H groups in total. The van der Waals surface area contributed by atoms with Crippen LogP contribution in [-0.4, -0.2) is 28.6 Å². The van der Waals surface area contributed by atoms with Gasteiger partial charge >= 0.3 is 12.0 Å². The van der Waals surface area contributed by atoms with Crippen LogP contribution in [0.1, 0.15) is 24.6 Å². The van der Waals surface area contributed by atoms with Crippen molar-refractivity contribution in [3.63, 3.8) is 0 Å². The number of carbonyl (C=O) groups is 2. The summed E-state index contributed by atoms with van der Waals surface area (Å²) >= 11 is 0. The lowest BCUT2D eigenvalue weighted by Crippen LogP contribution is -2.39. The fourth-order valence-electron chi connectivity index (χ4n) is 1.04. The van der Waals surface area contributed by atoms with Gasteiger partial charge < -0.3 is 20.2 Å². The Labute approximate surface area is 91.9 Å². The molecule has 0 fully saturated rings. The zero-order valence-corrected chi connectivity index (χ0v) is 8.98. The number of nitrogens with one attached hydrogen (secondary N) is 2. The third-order valence-electron chi connectivity index (χ3n) is 1.76. The number of hydrogen-bond acceptors (Lipinski definition) is 4. The van der Waals surface area contributed by atoms with Crippen molar-refractivity contribution < 1.29 is 19.1 Å². The molecule has 1 atom stereocenters. The molecule has 0 aliphatic rings. The summed E-state index contributed by atoms with van der Waals surface area (Å²) in [6.07, 6.45) is 1.54. The maximum Gasteiger partial charge on any atom is 0.323 e. The minimum atomic E-state index is -1.10. The Morgan fingerprint density at radius 3 is 2.81 bits per heavy atom. The van der Waals surface area contributed by atoms with Crippen LogP contribution in [0.5, 0.6) is 0 Å². The van der Waals surface area contributed by atoms with Gasteiger partial charge in [0.15, 0.2) is 0 Å². The van der Waals surface area contributed by atoms with Gasteiger partial charge in [-0.3, -0.25) is 4.79 Å². The summed E-state index contributed by atoms with van der Waals surface area (Å²) in [7, 11) is 0. The Balaban J connectivity index is 2.42. The van der Waals surface area contributed by atoms with Crippen LogP contribution in [0.3, 0.4) is 0 Å². The van der Waals surface area contributed by atoms with E-state index in [2.05, 4.69) is 15.6 Å². The summed E-state index contributed by atoms with van der Waals surface area (Å²) in [4.78, 5) is 25.3. The smallest absolute Gasteiger partial charge is 0.323 e. The molecule has 0 saturated heterocycles. The fourth-order valence-corrected chi connectivity index (χ4v) is 1.04. The third-order valence-corrected chi connectivity index (χ3v) is 1.76. The van der Waals surface area contributed by atoms with Gasteiger partial charge in [0.1, 0.15) is 18.3 Å². The Bertz CT molecular complexity index is 388. The van der Waals surface area contributed by atoms with Crippen molar-refractivity contribution in [2.45, 2.75) is 19.9 Å². The molecule has 0 aliphatic heterocycles. The van der Waals surface area contributed by atoms with Crippen molar-refractivity contribution in [2.24, 2.45) is 0 Å². The molecule has 2 amide bonds. The summed E-state index contributed by atoms with van der Waals surface area (Å²) in [5.74, 6) is -0.0765. The molecule has 7 heteroatoms. The second-order valence-electron chi connectivity index (χ2n) is 3.25. The summed E-state index contributed by atoms with van der Waals surface area (Å²) in [6.45, 7) is 3.00. The Morgan fingerprint density at radius 2 is 2.31 bits per heavy atom. The third kappa shape index (κ3) is 3.60. The van der Waals surface area contributed by atoms with Crippen molar-refractivity contribution in [1.82, 2.24) is 15.6 Å². The number of hydrogen-bond donors (Lipinski definition) is 3. The number of aliphatic carboxylic acids is 1. The van der Waals surface area contributed by atoms with E-state index in [4.69, 9.17) is 9.52 Å². The van der Waals surface area contributed by atoms with Gasteiger partial charge in [-0.05, 0) is 13.8 Å². The normalized spacial score (nSPS) is 11.9. The topological polar surface area (TPSA) is 104 Å². The highest BCUT2D eigenvalue weighted by molar-refractivity contribution is 5.79. The van der Waals surface area contributed by atoms with Gasteiger partial charge in [0.2, 0.25) is 5.89 Å². The van der Waals surface area contributed by atoms with Gasteiger partial charge in [0.25, 0.3) is 0 Å². The fraction of sp³-hybridized carbons (Fsp3) is 0.444. The monoisotopic (exact) mass is 227 g/mol. The first-order valence-corrected chi connectivity index (χ1v) is 4.67. The van der Waals surface area contributed by atoms with Gasteiger partial charge in [-0.15, -0.1) is 0 Å². The molecule has 16 heavy (non-hydrogen) atoms. The Hall–Kier alpha value is -2.05. The molecular weight excluding hydrogens is 214 g/mol.